The van der Waals surface area contributed by atoms with E-state index in [2.05, 4.69) is 20.8 Å². The van der Waals surface area contributed by atoms with Gasteiger partial charge in [-0.25, -0.2) is 0 Å². The van der Waals surface area contributed by atoms with Crippen LogP contribution in [-0.4, -0.2) is 5.97 Å². The molecule has 2 atom stereocenters. The molecule has 0 radical (unpaired) electrons. The highest BCUT2D eigenvalue weighted by Crippen LogP contribution is 2.32. The van der Waals surface area contributed by atoms with E-state index in [0.717, 1.165) is 18.4 Å². The van der Waals surface area contributed by atoms with Gasteiger partial charge >= 0.3 is 5.97 Å². The molecular formula is C17H26O2. The third-order valence-corrected chi connectivity index (χ3v) is 3.54. The van der Waals surface area contributed by atoms with Crippen molar-refractivity contribution in [1.29, 1.82) is 0 Å². The second-order valence-electron chi connectivity index (χ2n) is 6.07. The molecule has 0 aromatic heterocycles. The van der Waals surface area contributed by atoms with Gasteiger partial charge in [0.15, 0.2) is 0 Å². The molecule has 2 heteroatoms. The lowest BCUT2D eigenvalue weighted by molar-refractivity contribution is -0.158. The summed E-state index contributed by atoms with van der Waals surface area (Å²) in [7, 11) is 0. The van der Waals surface area contributed by atoms with Crippen LogP contribution in [0.1, 0.15) is 59.1 Å². The Kier molecular flexibility index (Phi) is 5.59. The van der Waals surface area contributed by atoms with Crippen molar-refractivity contribution >= 4 is 5.97 Å². The fourth-order valence-corrected chi connectivity index (χ4v) is 2.41. The predicted molar refractivity (Wildman–Crippen MR) is 78.8 cm³/mol. The average Bonchev–Trinajstić information content (AvgIpc) is 2.36. The molecule has 0 saturated carbocycles. The summed E-state index contributed by atoms with van der Waals surface area (Å²) in [6.07, 6.45) is 1.48. The Morgan fingerprint density at radius 2 is 1.68 bits per heavy atom. The van der Waals surface area contributed by atoms with Crippen LogP contribution in [0.25, 0.3) is 0 Å². The summed E-state index contributed by atoms with van der Waals surface area (Å²) < 4.78 is 5.73. The summed E-state index contributed by atoms with van der Waals surface area (Å²) in [6.45, 7) is 10.4. The van der Waals surface area contributed by atoms with Gasteiger partial charge in [-0.15, -0.1) is 0 Å². The third-order valence-electron chi connectivity index (χ3n) is 3.54. The van der Waals surface area contributed by atoms with E-state index in [4.69, 9.17) is 4.74 Å². The molecule has 1 rings (SSSR count). The maximum Gasteiger partial charge on any atom is 0.310 e. The van der Waals surface area contributed by atoms with E-state index in [1.165, 1.54) is 0 Å². The van der Waals surface area contributed by atoms with Gasteiger partial charge in [-0.3, -0.25) is 4.79 Å². The maximum absolute atomic E-state index is 12.3. The van der Waals surface area contributed by atoms with Crippen LogP contribution < -0.4 is 0 Å². The summed E-state index contributed by atoms with van der Waals surface area (Å²) in [4.78, 5) is 12.3. The summed E-state index contributed by atoms with van der Waals surface area (Å²) in [6, 6.07) is 9.96. The molecular weight excluding hydrogens is 236 g/mol. The van der Waals surface area contributed by atoms with Crippen LogP contribution in [0.3, 0.4) is 0 Å². The first-order chi connectivity index (χ1) is 8.90. The molecule has 1 aromatic carbocycles. The molecule has 0 amide bonds. The molecule has 0 saturated heterocycles. The minimum Gasteiger partial charge on any atom is -0.457 e. The molecule has 0 bridgehead atoms. The van der Waals surface area contributed by atoms with E-state index in [1.54, 1.807) is 0 Å². The van der Waals surface area contributed by atoms with Crippen LogP contribution in [0, 0.1) is 11.3 Å². The van der Waals surface area contributed by atoms with Crippen molar-refractivity contribution in [3.05, 3.63) is 35.9 Å². The van der Waals surface area contributed by atoms with Crippen molar-refractivity contribution in [2.24, 2.45) is 11.3 Å². The minimum absolute atomic E-state index is 0.0507. The average molecular weight is 262 g/mol. The zero-order valence-corrected chi connectivity index (χ0v) is 12.8. The van der Waals surface area contributed by atoms with Gasteiger partial charge in [0.25, 0.3) is 0 Å². The van der Waals surface area contributed by atoms with Crippen LogP contribution in [-0.2, 0) is 9.53 Å². The van der Waals surface area contributed by atoms with Crippen LogP contribution in [0.5, 0.6) is 0 Å². The van der Waals surface area contributed by atoms with E-state index in [9.17, 15) is 4.79 Å². The van der Waals surface area contributed by atoms with Crippen molar-refractivity contribution < 1.29 is 9.53 Å². The molecule has 0 aliphatic rings. The smallest absolute Gasteiger partial charge is 0.310 e. The van der Waals surface area contributed by atoms with Gasteiger partial charge in [0.1, 0.15) is 6.10 Å². The Hall–Kier alpha value is -1.31. The quantitative estimate of drug-likeness (QED) is 0.715. The van der Waals surface area contributed by atoms with Crippen molar-refractivity contribution in [2.75, 3.05) is 0 Å². The van der Waals surface area contributed by atoms with Crippen LogP contribution in [0.15, 0.2) is 30.3 Å². The van der Waals surface area contributed by atoms with E-state index in [1.807, 2.05) is 44.2 Å². The number of rotatable bonds is 5. The molecule has 0 spiro atoms. The van der Waals surface area contributed by atoms with Crippen LogP contribution in [0.2, 0.25) is 0 Å². The lowest BCUT2D eigenvalue weighted by Gasteiger charge is -2.29. The summed E-state index contributed by atoms with van der Waals surface area (Å²) in [5, 5.41) is 0. The van der Waals surface area contributed by atoms with Crippen molar-refractivity contribution in [1.82, 2.24) is 0 Å². The van der Waals surface area contributed by atoms with Crippen molar-refractivity contribution in [3.63, 3.8) is 0 Å². The summed E-state index contributed by atoms with van der Waals surface area (Å²) in [5.41, 5.74) is 1.02. The van der Waals surface area contributed by atoms with Crippen molar-refractivity contribution in [2.45, 2.75) is 53.6 Å². The lowest BCUT2D eigenvalue weighted by Crippen LogP contribution is -2.30. The number of hydrogen-bond acceptors (Lipinski definition) is 2. The van der Waals surface area contributed by atoms with Gasteiger partial charge in [-0.05, 0) is 23.8 Å². The van der Waals surface area contributed by atoms with Gasteiger partial charge in [0.05, 0.1) is 5.92 Å². The number of benzene rings is 1. The first-order valence-corrected chi connectivity index (χ1v) is 7.15. The number of carbonyl (C=O) groups is 1. The molecule has 19 heavy (non-hydrogen) atoms. The standard InChI is InChI=1S/C17H26O2/c1-6-14(17(3,4)5)16(18)19-15(7-2)13-11-9-8-10-12-13/h8-12,14-15H,6-7H2,1-5H3. The molecule has 2 nitrogen and oxygen atoms in total. The Morgan fingerprint density at radius 1 is 1.11 bits per heavy atom. The summed E-state index contributed by atoms with van der Waals surface area (Å²) >= 11 is 0. The molecule has 0 aliphatic carbocycles. The normalized spacial score (nSPS) is 14.8. The van der Waals surface area contributed by atoms with E-state index in [0.29, 0.717) is 0 Å². The molecule has 0 aliphatic heterocycles. The first-order valence-electron chi connectivity index (χ1n) is 7.15. The van der Waals surface area contributed by atoms with E-state index in [-0.39, 0.29) is 23.4 Å². The lowest BCUT2D eigenvalue weighted by atomic mass is 9.79. The van der Waals surface area contributed by atoms with E-state index < -0.39 is 0 Å². The third kappa shape index (κ3) is 4.38. The Balaban J connectivity index is 2.79. The Morgan fingerprint density at radius 3 is 2.11 bits per heavy atom. The molecule has 106 valence electrons. The SMILES string of the molecule is CCC(OC(=O)C(CC)C(C)(C)C)c1ccccc1. The number of carbonyl (C=O) groups excluding carboxylic acids is 1. The zero-order valence-electron chi connectivity index (χ0n) is 12.8. The highest BCUT2D eigenvalue weighted by atomic mass is 16.5. The first kappa shape index (κ1) is 15.7. The highest BCUT2D eigenvalue weighted by molar-refractivity contribution is 5.73. The van der Waals surface area contributed by atoms with Gasteiger partial charge < -0.3 is 4.74 Å². The highest BCUT2D eigenvalue weighted by Gasteiger charge is 2.32. The zero-order chi connectivity index (χ0) is 14.5. The second-order valence-corrected chi connectivity index (χ2v) is 6.07. The second kappa shape index (κ2) is 6.74. The fraction of sp³-hybridized carbons (Fsp3) is 0.588. The van der Waals surface area contributed by atoms with Gasteiger partial charge in [0.2, 0.25) is 0 Å². The number of hydrogen-bond donors (Lipinski definition) is 0. The predicted octanol–water partition coefficient (Wildman–Crippen LogP) is 4.75. The molecule has 0 fully saturated rings. The van der Waals surface area contributed by atoms with Crippen molar-refractivity contribution in [3.8, 4) is 0 Å². The maximum atomic E-state index is 12.3. The van der Waals surface area contributed by atoms with Crippen LogP contribution >= 0.6 is 0 Å². The number of esters is 1. The van der Waals surface area contributed by atoms with Gasteiger partial charge in [0, 0.05) is 0 Å². The largest absolute Gasteiger partial charge is 0.457 e. The molecule has 0 heterocycles. The Labute approximate surface area is 117 Å². The Bertz CT molecular complexity index is 389. The molecule has 0 N–H and O–H groups in total. The number of ether oxygens (including phenoxy) is 1. The molecule has 1 aromatic rings. The fourth-order valence-electron chi connectivity index (χ4n) is 2.41. The monoisotopic (exact) mass is 262 g/mol. The van der Waals surface area contributed by atoms with E-state index >= 15 is 0 Å². The van der Waals surface area contributed by atoms with Crippen LogP contribution in [0.4, 0.5) is 0 Å². The van der Waals surface area contributed by atoms with Gasteiger partial charge in [-0.1, -0.05) is 65.0 Å². The minimum atomic E-state index is -0.134. The van der Waals surface area contributed by atoms with Gasteiger partial charge in [-0.2, -0.15) is 0 Å². The summed E-state index contributed by atoms with van der Waals surface area (Å²) in [5.74, 6) is -0.129. The topological polar surface area (TPSA) is 26.3 Å². The molecule has 2 unspecified atom stereocenters.